The van der Waals surface area contributed by atoms with Crippen LogP contribution in [0, 0.1) is 0 Å². The average Bonchev–Trinajstić information content (AvgIpc) is 2.84. The van der Waals surface area contributed by atoms with Crippen molar-refractivity contribution >= 4 is 21.0 Å². The van der Waals surface area contributed by atoms with Crippen molar-refractivity contribution in [2.75, 3.05) is 0 Å². The molecule has 0 radical (unpaired) electrons. The Kier molecular flexibility index (Phi) is 2.76. The number of aromatic amines is 1. The van der Waals surface area contributed by atoms with E-state index < -0.39 is 10.1 Å². The van der Waals surface area contributed by atoms with Gasteiger partial charge in [0.15, 0.2) is 0 Å². The van der Waals surface area contributed by atoms with Gasteiger partial charge in [-0.3, -0.25) is 0 Å². The van der Waals surface area contributed by atoms with Crippen molar-refractivity contribution in [3.8, 4) is 5.75 Å². The normalized spacial score (nSPS) is 11.6. The molecule has 0 aliphatic heterocycles. The van der Waals surface area contributed by atoms with E-state index in [4.69, 9.17) is 4.18 Å². The summed E-state index contributed by atoms with van der Waals surface area (Å²) in [6, 6.07) is 15.6. The fraction of sp³-hybridized carbons (Fsp3) is 0. The molecule has 96 valence electrons. The Balaban J connectivity index is 2.05. The molecule has 0 aliphatic rings. The smallest absolute Gasteiger partial charge is 0.341 e. The molecule has 0 amide bonds. The predicted octanol–water partition coefficient (Wildman–Crippen LogP) is 2.94. The molecule has 3 rings (SSSR count). The van der Waals surface area contributed by atoms with Crippen LogP contribution in [0.3, 0.4) is 0 Å². The van der Waals surface area contributed by atoms with Crippen LogP contribution in [0.15, 0.2) is 65.7 Å². The molecular weight excluding hydrogens is 262 g/mol. The van der Waals surface area contributed by atoms with Gasteiger partial charge < -0.3 is 9.17 Å². The van der Waals surface area contributed by atoms with Crippen LogP contribution in [0.2, 0.25) is 0 Å². The minimum Gasteiger partial charge on any atom is -0.379 e. The second kappa shape index (κ2) is 4.44. The summed E-state index contributed by atoms with van der Waals surface area (Å²) in [5.74, 6) is 0.299. The number of aromatic nitrogens is 1. The van der Waals surface area contributed by atoms with Gasteiger partial charge in [0.05, 0.1) is 0 Å². The van der Waals surface area contributed by atoms with E-state index in [1.807, 2.05) is 12.1 Å². The third-order valence-corrected chi connectivity index (χ3v) is 4.06. The quantitative estimate of drug-likeness (QED) is 0.746. The van der Waals surface area contributed by atoms with Crippen LogP contribution < -0.4 is 4.18 Å². The first-order valence-electron chi connectivity index (χ1n) is 5.72. The maximum atomic E-state index is 12.2. The van der Waals surface area contributed by atoms with Gasteiger partial charge in [0.25, 0.3) is 0 Å². The molecule has 2 aromatic carbocycles. The number of hydrogen-bond acceptors (Lipinski definition) is 3. The van der Waals surface area contributed by atoms with Gasteiger partial charge in [-0.1, -0.05) is 36.4 Å². The Labute approximate surface area is 110 Å². The maximum absolute atomic E-state index is 12.2. The van der Waals surface area contributed by atoms with Crippen LogP contribution in [0.4, 0.5) is 0 Å². The minimum atomic E-state index is -3.83. The van der Waals surface area contributed by atoms with Crippen LogP contribution in [0.25, 0.3) is 10.9 Å². The number of fused-ring (bicyclic) bond motifs is 1. The number of H-pyrrole nitrogens is 1. The predicted molar refractivity (Wildman–Crippen MR) is 72.6 cm³/mol. The van der Waals surface area contributed by atoms with Crippen molar-refractivity contribution in [2.24, 2.45) is 0 Å². The summed E-state index contributed by atoms with van der Waals surface area (Å²) in [5, 5.41) is 0.624. The lowest BCUT2D eigenvalue weighted by molar-refractivity contribution is 0.487. The first kappa shape index (κ1) is 11.8. The molecule has 0 fully saturated rings. The molecule has 0 atom stereocenters. The summed E-state index contributed by atoms with van der Waals surface area (Å²) in [6.45, 7) is 0. The maximum Gasteiger partial charge on any atom is 0.341 e. The minimum absolute atomic E-state index is 0.145. The highest BCUT2D eigenvalue weighted by molar-refractivity contribution is 7.87. The van der Waals surface area contributed by atoms with Gasteiger partial charge in [-0.15, -0.1) is 0 Å². The first-order chi connectivity index (χ1) is 9.17. The SMILES string of the molecule is O=S(=O)(Oc1ccccc1)c1c[nH]c2ccccc12. The molecule has 1 aromatic heterocycles. The second-order valence-electron chi connectivity index (χ2n) is 4.05. The zero-order chi connectivity index (χ0) is 13.3. The fourth-order valence-corrected chi connectivity index (χ4v) is 3.00. The molecule has 0 spiro atoms. The Bertz CT molecular complexity index is 807. The molecule has 1 heterocycles. The highest BCUT2D eigenvalue weighted by Crippen LogP contribution is 2.25. The topological polar surface area (TPSA) is 59.2 Å². The van der Waals surface area contributed by atoms with Gasteiger partial charge in [0.1, 0.15) is 10.6 Å². The van der Waals surface area contributed by atoms with Gasteiger partial charge >= 0.3 is 10.1 Å². The molecule has 0 saturated carbocycles. The highest BCUT2D eigenvalue weighted by atomic mass is 32.2. The van der Waals surface area contributed by atoms with E-state index >= 15 is 0 Å². The molecule has 1 N–H and O–H groups in total. The van der Waals surface area contributed by atoms with Gasteiger partial charge in [0, 0.05) is 17.1 Å². The molecule has 0 bridgehead atoms. The third-order valence-electron chi connectivity index (χ3n) is 2.77. The van der Waals surface area contributed by atoms with E-state index in [-0.39, 0.29) is 4.90 Å². The summed E-state index contributed by atoms with van der Waals surface area (Å²) in [4.78, 5) is 3.07. The lowest BCUT2D eigenvalue weighted by Gasteiger charge is -2.05. The molecule has 5 heteroatoms. The van der Waals surface area contributed by atoms with Crippen LogP contribution in [0.5, 0.6) is 5.75 Å². The average molecular weight is 273 g/mol. The number of nitrogens with one attached hydrogen (secondary N) is 1. The first-order valence-corrected chi connectivity index (χ1v) is 7.13. The van der Waals surface area contributed by atoms with Crippen molar-refractivity contribution in [3.05, 3.63) is 60.8 Å². The van der Waals surface area contributed by atoms with Crippen LogP contribution in [-0.4, -0.2) is 13.4 Å². The van der Waals surface area contributed by atoms with Crippen LogP contribution >= 0.6 is 0 Å². The van der Waals surface area contributed by atoms with Crippen molar-refractivity contribution in [1.82, 2.24) is 4.98 Å². The van der Waals surface area contributed by atoms with E-state index in [0.717, 1.165) is 5.52 Å². The van der Waals surface area contributed by atoms with Gasteiger partial charge in [-0.2, -0.15) is 8.42 Å². The number of para-hydroxylation sites is 2. The number of benzene rings is 2. The lowest BCUT2D eigenvalue weighted by Crippen LogP contribution is -2.09. The third kappa shape index (κ3) is 2.20. The van der Waals surface area contributed by atoms with E-state index in [9.17, 15) is 8.42 Å². The standard InChI is InChI=1S/C14H11NO3S/c16-19(17,18-11-6-2-1-3-7-11)14-10-15-13-9-5-4-8-12(13)14/h1-10,15H. The summed E-state index contributed by atoms with van der Waals surface area (Å²) in [5.41, 5.74) is 0.762. The largest absolute Gasteiger partial charge is 0.379 e. The Morgan fingerprint density at radius 3 is 2.37 bits per heavy atom. The Morgan fingerprint density at radius 2 is 1.58 bits per heavy atom. The fourth-order valence-electron chi connectivity index (χ4n) is 1.90. The Morgan fingerprint density at radius 1 is 0.895 bits per heavy atom. The molecule has 4 nitrogen and oxygen atoms in total. The Hall–Kier alpha value is -2.27. The molecule has 3 aromatic rings. The van der Waals surface area contributed by atoms with Gasteiger partial charge in [-0.25, -0.2) is 0 Å². The monoisotopic (exact) mass is 273 g/mol. The zero-order valence-corrected chi connectivity index (χ0v) is 10.7. The van der Waals surface area contributed by atoms with Crippen molar-refractivity contribution in [2.45, 2.75) is 4.90 Å². The molecule has 0 saturated heterocycles. The van der Waals surface area contributed by atoms with E-state index in [1.54, 1.807) is 42.5 Å². The van der Waals surface area contributed by atoms with Gasteiger partial charge in [-0.05, 0) is 18.2 Å². The molecule has 0 aliphatic carbocycles. The zero-order valence-electron chi connectivity index (χ0n) is 9.91. The van der Waals surface area contributed by atoms with Crippen molar-refractivity contribution in [1.29, 1.82) is 0 Å². The summed E-state index contributed by atoms with van der Waals surface area (Å²) >= 11 is 0. The highest BCUT2D eigenvalue weighted by Gasteiger charge is 2.20. The van der Waals surface area contributed by atoms with Crippen molar-refractivity contribution in [3.63, 3.8) is 0 Å². The lowest BCUT2D eigenvalue weighted by atomic mass is 10.2. The summed E-state index contributed by atoms with van der Waals surface area (Å²) < 4.78 is 29.6. The van der Waals surface area contributed by atoms with E-state index in [0.29, 0.717) is 11.1 Å². The summed E-state index contributed by atoms with van der Waals surface area (Å²) in [7, 11) is -3.83. The van der Waals surface area contributed by atoms with Crippen LogP contribution in [-0.2, 0) is 10.1 Å². The van der Waals surface area contributed by atoms with E-state index in [1.165, 1.54) is 6.20 Å². The summed E-state index contributed by atoms with van der Waals surface area (Å²) in [6.07, 6.45) is 1.45. The van der Waals surface area contributed by atoms with Gasteiger partial charge in [0.2, 0.25) is 0 Å². The van der Waals surface area contributed by atoms with Crippen LogP contribution in [0.1, 0.15) is 0 Å². The number of hydrogen-bond donors (Lipinski definition) is 1. The second-order valence-corrected chi connectivity index (χ2v) is 5.56. The van der Waals surface area contributed by atoms with Crippen molar-refractivity contribution < 1.29 is 12.6 Å². The molecule has 19 heavy (non-hydrogen) atoms. The molecule has 0 unspecified atom stereocenters. The number of rotatable bonds is 3. The molecular formula is C14H11NO3S. The van der Waals surface area contributed by atoms with E-state index in [2.05, 4.69) is 4.98 Å².